The second-order valence-corrected chi connectivity index (χ2v) is 8.72. The van der Waals surface area contributed by atoms with Crippen LogP contribution in [0.1, 0.15) is 29.3 Å². The first kappa shape index (κ1) is 18.7. The number of fused-ring (bicyclic) bond motifs is 3. The smallest absolute Gasteiger partial charge is 0.253 e. The Morgan fingerprint density at radius 1 is 1.27 bits per heavy atom. The summed E-state index contributed by atoms with van der Waals surface area (Å²) in [7, 11) is 0. The van der Waals surface area contributed by atoms with Crippen LogP contribution in [0.25, 0.3) is 10.6 Å². The summed E-state index contributed by atoms with van der Waals surface area (Å²) in [4.78, 5) is 36.6. The summed E-state index contributed by atoms with van der Waals surface area (Å²) in [5.41, 5.74) is 3.85. The van der Waals surface area contributed by atoms with Gasteiger partial charge in [0.25, 0.3) is 5.91 Å². The lowest BCUT2D eigenvalue weighted by atomic mass is 10.1. The topological polar surface area (TPSA) is 87.2 Å². The monoisotopic (exact) mass is 419 g/mol. The third kappa shape index (κ3) is 3.54. The normalized spacial score (nSPS) is 17.7. The van der Waals surface area contributed by atoms with Gasteiger partial charge in [0, 0.05) is 36.1 Å². The average molecular weight is 420 g/mol. The fourth-order valence-electron chi connectivity index (χ4n) is 3.88. The number of anilines is 3. The number of benzene rings is 1. The van der Waals surface area contributed by atoms with Crippen molar-refractivity contribution in [3.05, 3.63) is 53.0 Å². The molecule has 0 spiro atoms. The van der Waals surface area contributed by atoms with Crippen molar-refractivity contribution in [3.63, 3.8) is 0 Å². The molecule has 2 aliphatic rings. The molecule has 1 unspecified atom stereocenters. The van der Waals surface area contributed by atoms with Crippen molar-refractivity contribution in [1.82, 2.24) is 14.9 Å². The van der Waals surface area contributed by atoms with Gasteiger partial charge in [-0.2, -0.15) is 0 Å². The van der Waals surface area contributed by atoms with Crippen LogP contribution in [0.2, 0.25) is 0 Å². The van der Waals surface area contributed by atoms with Crippen molar-refractivity contribution in [1.29, 1.82) is 0 Å². The standard InChI is InChI=1S/C22H21N5O2S/c1-13-6-8-27(12-13)21(29)14-2-4-16(5-3-14)24-22-23-11-15-10-18(28)25-17-7-9-30-20(17)19(15)26-22/h2-5,7,9,11,13H,6,8,10,12H2,1H3,(H,25,28)(H,23,24,26). The second-order valence-electron chi connectivity index (χ2n) is 7.80. The van der Waals surface area contributed by atoms with Gasteiger partial charge < -0.3 is 15.5 Å². The molecule has 1 saturated heterocycles. The maximum Gasteiger partial charge on any atom is 0.253 e. The van der Waals surface area contributed by atoms with Crippen LogP contribution in [0.15, 0.2) is 41.9 Å². The molecule has 2 aromatic heterocycles. The third-order valence-corrected chi connectivity index (χ3v) is 6.39. The highest BCUT2D eigenvalue weighted by Gasteiger charge is 2.24. The molecule has 152 valence electrons. The molecule has 4 heterocycles. The van der Waals surface area contributed by atoms with Gasteiger partial charge in [-0.15, -0.1) is 11.3 Å². The van der Waals surface area contributed by atoms with E-state index in [9.17, 15) is 9.59 Å². The zero-order valence-corrected chi connectivity index (χ0v) is 17.3. The van der Waals surface area contributed by atoms with Crippen LogP contribution in [0.4, 0.5) is 17.3 Å². The van der Waals surface area contributed by atoms with Gasteiger partial charge in [-0.1, -0.05) is 6.92 Å². The molecule has 30 heavy (non-hydrogen) atoms. The van der Waals surface area contributed by atoms with Crippen LogP contribution >= 0.6 is 11.3 Å². The van der Waals surface area contributed by atoms with E-state index >= 15 is 0 Å². The highest BCUT2D eigenvalue weighted by Crippen LogP contribution is 2.37. The summed E-state index contributed by atoms with van der Waals surface area (Å²) >= 11 is 1.54. The van der Waals surface area contributed by atoms with Crippen LogP contribution in [0.5, 0.6) is 0 Å². The average Bonchev–Trinajstić information content (AvgIpc) is 3.35. The first-order valence-corrected chi connectivity index (χ1v) is 10.8. The highest BCUT2D eigenvalue weighted by molar-refractivity contribution is 7.14. The number of thiophene rings is 1. The van der Waals surface area contributed by atoms with E-state index in [0.717, 1.165) is 47.0 Å². The lowest BCUT2D eigenvalue weighted by Gasteiger charge is -2.16. The first-order valence-electron chi connectivity index (χ1n) is 9.97. The van der Waals surface area contributed by atoms with Gasteiger partial charge in [0.1, 0.15) is 0 Å². The van der Waals surface area contributed by atoms with E-state index in [1.165, 1.54) is 0 Å². The number of rotatable bonds is 3. The van der Waals surface area contributed by atoms with Gasteiger partial charge in [-0.25, -0.2) is 9.97 Å². The summed E-state index contributed by atoms with van der Waals surface area (Å²) in [5.74, 6) is 1.03. The molecule has 0 bridgehead atoms. The van der Waals surface area contributed by atoms with Crippen LogP contribution in [0.3, 0.4) is 0 Å². The van der Waals surface area contributed by atoms with E-state index in [1.807, 2.05) is 40.6 Å². The second kappa shape index (κ2) is 7.53. The third-order valence-electron chi connectivity index (χ3n) is 5.47. The molecular weight excluding hydrogens is 398 g/mol. The van der Waals surface area contributed by atoms with Gasteiger partial charge >= 0.3 is 0 Å². The number of nitrogens with one attached hydrogen (secondary N) is 2. The Morgan fingerprint density at radius 2 is 2.10 bits per heavy atom. The minimum atomic E-state index is -0.0645. The number of aromatic nitrogens is 2. The van der Waals surface area contributed by atoms with Crippen molar-refractivity contribution >= 4 is 40.5 Å². The van der Waals surface area contributed by atoms with E-state index in [2.05, 4.69) is 27.5 Å². The minimum absolute atomic E-state index is 0.0645. The largest absolute Gasteiger partial charge is 0.338 e. The molecule has 0 saturated carbocycles. The van der Waals surface area contributed by atoms with Gasteiger partial charge in [0.2, 0.25) is 11.9 Å². The molecule has 1 fully saturated rings. The highest BCUT2D eigenvalue weighted by atomic mass is 32.1. The quantitative estimate of drug-likeness (QED) is 0.672. The summed E-state index contributed by atoms with van der Waals surface area (Å²) in [6.45, 7) is 3.82. The maximum atomic E-state index is 12.6. The van der Waals surface area contributed by atoms with Gasteiger partial charge in [-0.05, 0) is 48.1 Å². The van der Waals surface area contributed by atoms with Crippen molar-refractivity contribution < 1.29 is 9.59 Å². The Hall–Kier alpha value is -3.26. The van der Waals surface area contributed by atoms with E-state index in [-0.39, 0.29) is 18.2 Å². The number of hydrogen-bond acceptors (Lipinski definition) is 6. The van der Waals surface area contributed by atoms with E-state index in [4.69, 9.17) is 0 Å². The summed E-state index contributed by atoms with van der Waals surface area (Å²) in [5, 5.41) is 8.05. The molecule has 8 heteroatoms. The lowest BCUT2D eigenvalue weighted by Crippen LogP contribution is -2.28. The van der Waals surface area contributed by atoms with Crippen LogP contribution in [-0.2, 0) is 11.2 Å². The molecule has 0 radical (unpaired) electrons. The number of amides is 2. The molecular formula is C22H21N5O2S. The molecule has 1 aromatic carbocycles. The van der Waals surface area contributed by atoms with E-state index in [0.29, 0.717) is 17.4 Å². The number of hydrogen-bond donors (Lipinski definition) is 2. The summed E-state index contributed by atoms with van der Waals surface area (Å²) < 4.78 is 0. The van der Waals surface area contributed by atoms with Crippen LogP contribution in [0, 0.1) is 5.92 Å². The molecule has 0 aliphatic carbocycles. The summed E-state index contributed by atoms with van der Waals surface area (Å²) in [6, 6.07) is 9.28. The van der Waals surface area contributed by atoms with E-state index < -0.39 is 0 Å². The molecule has 5 rings (SSSR count). The van der Waals surface area contributed by atoms with Crippen molar-refractivity contribution in [2.75, 3.05) is 23.7 Å². The number of carbonyl (C=O) groups excluding carboxylic acids is 2. The van der Waals surface area contributed by atoms with Crippen LogP contribution in [-0.4, -0.2) is 39.8 Å². The molecule has 7 nitrogen and oxygen atoms in total. The SMILES string of the molecule is CC1CCN(C(=O)c2ccc(Nc3ncc4c(n3)-c3sccc3NC(=O)C4)cc2)C1. The zero-order valence-electron chi connectivity index (χ0n) is 16.5. The predicted molar refractivity (Wildman–Crippen MR) is 117 cm³/mol. The minimum Gasteiger partial charge on any atom is -0.338 e. The molecule has 1 atom stereocenters. The van der Waals surface area contributed by atoms with Crippen molar-refractivity contribution in [2.24, 2.45) is 5.92 Å². The van der Waals surface area contributed by atoms with Crippen molar-refractivity contribution in [3.8, 4) is 10.6 Å². The Morgan fingerprint density at radius 3 is 2.87 bits per heavy atom. The maximum absolute atomic E-state index is 12.6. The number of likely N-dealkylation sites (tertiary alicyclic amines) is 1. The summed E-state index contributed by atoms with van der Waals surface area (Å²) in [6.07, 6.45) is 3.02. The predicted octanol–water partition coefficient (Wildman–Crippen LogP) is 3.93. The number of nitrogens with zero attached hydrogens (tertiary/aromatic N) is 3. The Bertz CT molecular complexity index is 1120. The fourth-order valence-corrected chi connectivity index (χ4v) is 4.75. The molecule has 2 N–H and O–H groups in total. The Labute approximate surface area is 178 Å². The molecule has 3 aromatic rings. The van der Waals surface area contributed by atoms with Gasteiger partial charge in [-0.3, -0.25) is 9.59 Å². The van der Waals surface area contributed by atoms with Crippen molar-refractivity contribution in [2.45, 2.75) is 19.8 Å². The van der Waals surface area contributed by atoms with E-state index in [1.54, 1.807) is 17.5 Å². The van der Waals surface area contributed by atoms with Gasteiger partial charge in [0.15, 0.2) is 0 Å². The zero-order chi connectivity index (χ0) is 20.7. The first-order chi connectivity index (χ1) is 14.6. The lowest BCUT2D eigenvalue weighted by molar-refractivity contribution is -0.115. The van der Waals surface area contributed by atoms with Gasteiger partial charge in [0.05, 0.1) is 22.7 Å². The molecule has 2 amide bonds. The number of carbonyl (C=O) groups is 2. The fraction of sp³-hybridized carbons (Fsp3) is 0.273. The van der Waals surface area contributed by atoms with Crippen LogP contribution < -0.4 is 10.6 Å². The molecule has 2 aliphatic heterocycles. The Kier molecular flexibility index (Phi) is 4.71. The Balaban J connectivity index is 1.36.